The summed E-state index contributed by atoms with van der Waals surface area (Å²) in [4.78, 5) is 36.1. The molecule has 1 aliphatic rings. The molecule has 1 amide bonds. The number of hydrogen-bond acceptors (Lipinski definition) is 6. The van der Waals surface area contributed by atoms with Gasteiger partial charge in [-0.05, 0) is 40.2 Å². The summed E-state index contributed by atoms with van der Waals surface area (Å²) in [5.41, 5.74) is -0.137. The maximum absolute atomic E-state index is 12.3. The predicted octanol–water partition coefficient (Wildman–Crippen LogP) is 1.99. The molecule has 2 rings (SSSR count). The fraction of sp³-hybridized carbons (Fsp3) is 0.647. The van der Waals surface area contributed by atoms with Crippen molar-refractivity contribution in [1.82, 2.24) is 19.8 Å². The fourth-order valence-corrected chi connectivity index (χ4v) is 2.70. The van der Waals surface area contributed by atoms with E-state index in [0.29, 0.717) is 12.2 Å². The molecule has 1 aromatic heterocycles. The number of carbonyl (C=O) groups is 2. The van der Waals surface area contributed by atoms with Gasteiger partial charge in [-0.1, -0.05) is 0 Å². The first-order valence-corrected chi connectivity index (χ1v) is 8.23. The number of rotatable bonds is 4. The molecule has 7 heteroatoms. The van der Waals surface area contributed by atoms with Gasteiger partial charge in [0.2, 0.25) is 0 Å². The Labute approximate surface area is 143 Å². The van der Waals surface area contributed by atoms with Crippen LogP contribution in [0.3, 0.4) is 0 Å². The molecule has 0 aromatic carbocycles. The highest BCUT2D eigenvalue weighted by Crippen LogP contribution is 2.18. The first kappa shape index (κ1) is 18.3. The number of likely N-dealkylation sites (tertiary alicyclic amines) is 1. The van der Waals surface area contributed by atoms with Gasteiger partial charge in [-0.15, -0.1) is 0 Å². The van der Waals surface area contributed by atoms with E-state index in [0.717, 1.165) is 19.4 Å². The lowest BCUT2D eigenvalue weighted by atomic mass is 10.0. The van der Waals surface area contributed by atoms with Gasteiger partial charge in [0, 0.05) is 32.0 Å². The summed E-state index contributed by atoms with van der Waals surface area (Å²) in [7, 11) is 1.76. The zero-order valence-corrected chi connectivity index (χ0v) is 14.9. The zero-order valence-electron chi connectivity index (χ0n) is 14.9. The van der Waals surface area contributed by atoms with Crippen molar-refractivity contribution in [3.05, 3.63) is 24.3 Å². The summed E-state index contributed by atoms with van der Waals surface area (Å²) in [5, 5.41) is 0. The number of Topliss-reactive ketones (excluding diaryl/α,β-unsaturated/α-hetero) is 1. The van der Waals surface area contributed by atoms with E-state index < -0.39 is 5.60 Å². The molecule has 0 aliphatic carbocycles. The molecule has 1 fully saturated rings. The minimum atomic E-state index is -0.512. The van der Waals surface area contributed by atoms with E-state index in [-0.39, 0.29) is 24.5 Å². The van der Waals surface area contributed by atoms with Crippen LogP contribution in [0.15, 0.2) is 18.6 Å². The molecule has 2 heterocycles. The average molecular weight is 334 g/mol. The summed E-state index contributed by atoms with van der Waals surface area (Å²) in [6.45, 7) is 7.34. The van der Waals surface area contributed by atoms with Gasteiger partial charge >= 0.3 is 6.09 Å². The van der Waals surface area contributed by atoms with Crippen LogP contribution in [0.5, 0.6) is 0 Å². The first-order chi connectivity index (χ1) is 11.3. The van der Waals surface area contributed by atoms with Crippen molar-refractivity contribution in [3.63, 3.8) is 0 Å². The smallest absolute Gasteiger partial charge is 0.410 e. The molecule has 0 unspecified atom stereocenters. The molecule has 1 aromatic rings. The lowest BCUT2D eigenvalue weighted by Crippen LogP contribution is -2.50. The molecule has 1 aliphatic heterocycles. The summed E-state index contributed by atoms with van der Waals surface area (Å²) in [5.74, 6) is -0.0522. The minimum absolute atomic E-state index is 0.0447. The molecule has 24 heavy (non-hydrogen) atoms. The Hall–Kier alpha value is -2.02. The van der Waals surface area contributed by atoms with Crippen molar-refractivity contribution in [2.24, 2.45) is 0 Å². The van der Waals surface area contributed by atoms with Crippen LogP contribution >= 0.6 is 0 Å². The van der Waals surface area contributed by atoms with E-state index in [1.807, 2.05) is 20.8 Å². The van der Waals surface area contributed by atoms with Crippen molar-refractivity contribution in [2.75, 3.05) is 26.7 Å². The van der Waals surface area contributed by atoms with E-state index in [1.165, 1.54) is 12.4 Å². The number of nitrogens with zero attached hydrogens (tertiary/aromatic N) is 4. The monoisotopic (exact) mass is 334 g/mol. The van der Waals surface area contributed by atoms with Gasteiger partial charge in [0.1, 0.15) is 11.3 Å². The highest BCUT2D eigenvalue weighted by atomic mass is 16.6. The van der Waals surface area contributed by atoms with E-state index in [9.17, 15) is 9.59 Å². The van der Waals surface area contributed by atoms with Crippen LogP contribution in [0.1, 0.15) is 44.1 Å². The van der Waals surface area contributed by atoms with Crippen molar-refractivity contribution in [2.45, 2.75) is 45.3 Å². The lowest BCUT2D eigenvalue weighted by Gasteiger charge is -2.37. The second kappa shape index (κ2) is 7.70. The molecule has 1 atom stereocenters. The molecule has 0 radical (unpaired) electrons. The van der Waals surface area contributed by atoms with Crippen LogP contribution in [0.4, 0.5) is 4.79 Å². The Balaban J connectivity index is 1.91. The fourth-order valence-electron chi connectivity index (χ4n) is 2.70. The Morgan fingerprint density at radius 1 is 1.38 bits per heavy atom. The van der Waals surface area contributed by atoms with Gasteiger partial charge in [-0.2, -0.15) is 0 Å². The predicted molar refractivity (Wildman–Crippen MR) is 89.8 cm³/mol. The van der Waals surface area contributed by atoms with Gasteiger partial charge in [-0.3, -0.25) is 14.7 Å². The van der Waals surface area contributed by atoms with E-state index in [4.69, 9.17) is 4.74 Å². The molecule has 132 valence electrons. The summed E-state index contributed by atoms with van der Waals surface area (Å²) >= 11 is 0. The first-order valence-electron chi connectivity index (χ1n) is 8.23. The second-order valence-electron chi connectivity index (χ2n) is 7.14. The highest BCUT2D eigenvalue weighted by molar-refractivity contribution is 5.95. The number of likely N-dealkylation sites (N-methyl/N-ethyl adjacent to an activating group) is 1. The molecule has 0 saturated carbocycles. The number of carbonyl (C=O) groups excluding carboxylic acids is 2. The van der Waals surface area contributed by atoms with Gasteiger partial charge < -0.3 is 9.64 Å². The lowest BCUT2D eigenvalue weighted by molar-refractivity contribution is 0.0138. The van der Waals surface area contributed by atoms with Crippen LogP contribution < -0.4 is 0 Å². The van der Waals surface area contributed by atoms with E-state index in [1.54, 1.807) is 18.1 Å². The number of aromatic nitrogens is 2. The molecule has 0 bridgehead atoms. The van der Waals surface area contributed by atoms with E-state index >= 15 is 0 Å². The SMILES string of the molecule is CN(C(=O)OC(C)(C)C)[C@H]1CCCN(CC(=O)c2cnccn2)C1. The number of amides is 1. The zero-order chi connectivity index (χ0) is 17.7. The third-order valence-electron chi connectivity index (χ3n) is 3.93. The topological polar surface area (TPSA) is 75.6 Å². The number of piperidine rings is 1. The standard InChI is InChI=1S/C17H26N4O3/c1-17(2,3)24-16(23)20(4)13-6-5-9-21(11-13)12-15(22)14-10-18-7-8-19-14/h7-8,10,13H,5-6,9,11-12H2,1-4H3/t13-/m0/s1. The maximum Gasteiger partial charge on any atom is 0.410 e. The molecular formula is C17H26N4O3. The third kappa shape index (κ3) is 5.26. The molecule has 0 N–H and O–H groups in total. The summed E-state index contributed by atoms with van der Waals surface area (Å²) < 4.78 is 5.42. The van der Waals surface area contributed by atoms with Crippen molar-refractivity contribution in [3.8, 4) is 0 Å². The summed E-state index contributed by atoms with van der Waals surface area (Å²) in [6.07, 6.45) is 6.06. The average Bonchev–Trinajstić information content (AvgIpc) is 2.53. The maximum atomic E-state index is 12.3. The largest absolute Gasteiger partial charge is 0.444 e. The van der Waals surface area contributed by atoms with Crippen LogP contribution in [0, 0.1) is 0 Å². The summed E-state index contributed by atoms with van der Waals surface area (Å²) in [6, 6.07) is 0.0447. The Bertz CT molecular complexity index is 571. The highest BCUT2D eigenvalue weighted by Gasteiger charge is 2.29. The molecular weight excluding hydrogens is 308 g/mol. The third-order valence-corrected chi connectivity index (χ3v) is 3.93. The van der Waals surface area contributed by atoms with Gasteiger partial charge in [0.25, 0.3) is 0 Å². The van der Waals surface area contributed by atoms with Crippen LogP contribution in [0.25, 0.3) is 0 Å². The van der Waals surface area contributed by atoms with E-state index in [2.05, 4.69) is 14.9 Å². The van der Waals surface area contributed by atoms with Crippen molar-refractivity contribution in [1.29, 1.82) is 0 Å². The number of ether oxygens (including phenoxy) is 1. The van der Waals surface area contributed by atoms with Crippen molar-refractivity contribution >= 4 is 11.9 Å². The van der Waals surface area contributed by atoms with Gasteiger partial charge in [-0.25, -0.2) is 9.78 Å². The van der Waals surface area contributed by atoms with Crippen LogP contribution in [0.2, 0.25) is 0 Å². The normalized spacial score (nSPS) is 18.9. The van der Waals surface area contributed by atoms with Gasteiger partial charge in [0.15, 0.2) is 5.78 Å². The number of hydrogen-bond donors (Lipinski definition) is 0. The van der Waals surface area contributed by atoms with Crippen LogP contribution in [-0.2, 0) is 4.74 Å². The Kier molecular flexibility index (Phi) is 5.88. The molecule has 7 nitrogen and oxygen atoms in total. The molecule has 0 spiro atoms. The second-order valence-corrected chi connectivity index (χ2v) is 7.14. The molecule has 1 saturated heterocycles. The number of ketones is 1. The minimum Gasteiger partial charge on any atom is -0.444 e. The van der Waals surface area contributed by atoms with Crippen molar-refractivity contribution < 1.29 is 14.3 Å². The van der Waals surface area contributed by atoms with Crippen LogP contribution in [-0.4, -0.2) is 70.0 Å². The quantitative estimate of drug-likeness (QED) is 0.784. The Morgan fingerprint density at radius 2 is 2.12 bits per heavy atom. The Morgan fingerprint density at radius 3 is 2.75 bits per heavy atom. The van der Waals surface area contributed by atoms with Gasteiger partial charge in [0.05, 0.1) is 12.7 Å².